The molecule has 1 aliphatic carbocycles. The van der Waals surface area contributed by atoms with E-state index < -0.39 is 0 Å². The molecule has 3 rings (SSSR count). The molecule has 98 valence electrons. The Bertz CT molecular complexity index is 424. The first-order valence-electron chi connectivity index (χ1n) is 6.61. The third-order valence-corrected chi connectivity index (χ3v) is 4.43. The second-order valence-corrected chi connectivity index (χ2v) is 5.86. The highest BCUT2D eigenvalue weighted by molar-refractivity contribution is 6.31. The molecule has 2 aliphatic rings. The van der Waals surface area contributed by atoms with E-state index in [-0.39, 0.29) is 0 Å². The molecule has 1 saturated carbocycles. The average molecular weight is 285 g/mol. The first-order chi connectivity index (χ1) is 8.78. The molecule has 0 amide bonds. The van der Waals surface area contributed by atoms with Crippen LogP contribution in [0, 0.1) is 0 Å². The van der Waals surface area contributed by atoms with Gasteiger partial charge in [0.2, 0.25) is 0 Å². The van der Waals surface area contributed by atoms with Crippen molar-refractivity contribution in [3.05, 3.63) is 28.8 Å². The van der Waals surface area contributed by atoms with Gasteiger partial charge in [0.05, 0.1) is 0 Å². The summed E-state index contributed by atoms with van der Waals surface area (Å²) in [6, 6.07) is 6.88. The van der Waals surface area contributed by atoms with Crippen LogP contribution in [0.3, 0.4) is 0 Å². The van der Waals surface area contributed by atoms with Crippen molar-refractivity contribution in [3.8, 4) is 0 Å². The maximum absolute atomic E-state index is 6.10. The number of anilines is 1. The van der Waals surface area contributed by atoms with Gasteiger partial charge in [0.15, 0.2) is 0 Å². The standard InChI is InChI=1S/C14H18Cl2N2/c15-10-11-1-2-12(16)9-14(11)18-7-5-17(6-8-18)13-3-4-13/h1-2,9,13H,3-8,10H2. The number of nitrogens with zero attached hydrogens (tertiary/aromatic N) is 2. The van der Waals surface area contributed by atoms with Gasteiger partial charge in [0.1, 0.15) is 0 Å². The van der Waals surface area contributed by atoms with Gasteiger partial charge in [-0.2, -0.15) is 0 Å². The molecule has 2 nitrogen and oxygen atoms in total. The van der Waals surface area contributed by atoms with E-state index in [0.29, 0.717) is 5.88 Å². The van der Waals surface area contributed by atoms with E-state index in [1.165, 1.54) is 37.2 Å². The van der Waals surface area contributed by atoms with Crippen LogP contribution in [0.1, 0.15) is 18.4 Å². The van der Waals surface area contributed by atoms with Gasteiger partial charge in [-0.15, -0.1) is 11.6 Å². The van der Waals surface area contributed by atoms with Crippen molar-refractivity contribution in [1.29, 1.82) is 0 Å². The summed E-state index contributed by atoms with van der Waals surface area (Å²) >= 11 is 12.1. The molecular weight excluding hydrogens is 267 g/mol. The summed E-state index contributed by atoms with van der Waals surface area (Å²) in [6.45, 7) is 4.50. The highest BCUT2D eigenvalue weighted by Crippen LogP contribution is 2.31. The van der Waals surface area contributed by atoms with Crippen molar-refractivity contribution in [1.82, 2.24) is 4.90 Å². The summed E-state index contributed by atoms with van der Waals surface area (Å²) in [5, 5.41) is 0.795. The Morgan fingerprint density at radius 1 is 1.11 bits per heavy atom. The Balaban J connectivity index is 1.72. The molecular formula is C14H18Cl2N2. The van der Waals surface area contributed by atoms with E-state index in [1.54, 1.807) is 0 Å². The molecule has 18 heavy (non-hydrogen) atoms. The molecule has 0 bridgehead atoms. The molecule has 0 unspecified atom stereocenters. The molecule has 1 saturated heterocycles. The normalized spacial score (nSPS) is 21.3. The monoisotopic (exact) mass is 284 g/mol. The lowest BCUT2D eigenvalue weighted by atomic mass is 10.1. The molecule has 0 aromatic heterocycles. The number of rotatable bonds is 3. The lowest BCUT2D eigenvalue weighted by Crippen LogP contribution is -2.47. The maximum atomic E-state index is 6.10. The van der Waals surface area contributed by atoms with Gasteiger partial charge in [0.25, 0.3) is 0 Å². The molecule has 0 atom stereocenters. The predicted molar refractivity (Wildman–Crippen MR) is 77.8 cm³/mol. The first-order valence-corrected chi connectivity index (χ1v) is 7.52. The van der Waals surface area contributed by atoms with Gasteiger partial charge in [-0.1, -0.05) is 17.7 Å². The number of hydrogen-bond donors (Lipinski definition) is 0. The topological polar surface area (TPSA) is 6.48 Å². The van der Waals surface area contributed by atoms with E-state index in [9.17, 15) is 0 Å². The second-order valence-electron chi connectivity index (χ2n) is 5.16. The Labute approximate surface area is 118 Å². The number of hydrogen-bond acceptors (Lipinski definition) is 2. The van der Waals surface area contributed by atoms with Gasteiger partial charge in [0, 0.05) is 48.8 Å². The molecule has 0 spiro atoms. The first kappa shape index (κ1) is 12.6. The van der Waals surface area contributed by atoms with Crippen LogP contribution < -0.4 is 4.90 Å². The summed E-state index contributed by atoms with van der Waals surface area (Å²) in [4.78, 5) is 5.03. The Kier molecular flexibility index (Phi) is 3.69. The quantitative estimate of drug-likeness (QED) is 0.786. The number of piperazine rings is 1. The minimum absolute atomic E-state index is 0.551. The Morgan fingerprint density at radius 3 is 2.44 bits per heavy atom. The molecule has 2 fully saturated rings. The van der Waals surface area contributed by atoms with Crippen LogP contribution in [-0.2, 0) is 5.88 Å². The van der Waals surface area contributed by atoms with Crippen LogP contribution in [0.2, 0.25) is 5.02 Å². The van der Waals surface area contributed by atoms with Crippen molar-refractivity contribution >= 4 is 28.9 Å². The fourth-order valence-electron chi connectivity index (χ4n) is 2.71. The molecule has 1 aliphatic heterocycles. The minimum Gasteiger partial charge on any atom is -0.369 e. The Hall–Kier alpha value is -0.440. The van der Waals surface area contributed by atoms with Crippen molar-refractivity contribution in [2.24, 2.45) is 0 Å². The average Bonchev–Trinajstić information content (AvgIpc) is 3.23. The van der Waals surface area contributed by atoms with Crippen LogP contribution >= 0.6 is 23.2 Å². The summed E-state index contributed by atoms with van der Waals surface area (Å²) in [5.74, 6) is 0.551. The maximum Gasteiger partial charge on any atom is 0.0494 e. The van der Waals surface area contributed by atoms with Crippen LogP contribution in [0.25, 0.3) is 0 Å². The summed E-state index contributed by atoms with van der Waals surface area (Å²) in [7, 11) is 0. The molecule has 0 N–H and O–H groups in total. The predicted octanol–water partition coefficient (Wildman–Crippen LogP) is 3.36. The zero-order chi connectivity index (χ0) is 12.5. The second kappa shape index (κ2) is 5.28. The van der Waals surface area contributed by atoms with Gasteiger partial charge in [-0.05, 0) is 30.5 Å². The fourth-order valence-corrected chi connectivity index (χ4v) is 3.10. The Morgan fingerprint density at radius 2 is 1.83 bits per heavy atom. The fraction of sp³-hybridized carbons (Fsp3) is 0.571. The minimum atomic E-state index is 0.551. The zero-order valence-corrected chi connectivity index (χ0v) is 11.9. The molecule has 1 heterocycles. The number of alkyl halides is 1. The van der Waals surface area contributed by atoms with Gasteiger partial charge in [-0.25, -0.2) is 0 Å². The van der Waals surface area contributed by atoms with E-state index in [2.05, 4.69) is 9.80 Å². The number of benzene rings is 1. The van der Waals surface area contributed by atoms with Gasteiger partial charge in [-0.3, -0.25) is 4.90 Å². The lowest BCUT2D eigenvalue weighted by Gasteiger charge is -2.37. The molecule has 1 aromatic carbocycles. The summed E-state index contributed by atoms with van der Waals surface area (Å²) < 4.78 is 0. The van der Waals surface area contributed by atoms with Crippen LogP contribution in [0.5, 0.6) is 0 Å². The third-order valence-electron chi connectivity index (χ3n) is 3.91. The van der Waals surface area contributed by atoms with E-state index in [1.807, 2.05) is 18.2 Å². The van der Waals surface area contributed by atoms with Crippen molar-refractivity contribution in [2.75, 3.05) is 31.1 Å². The summed E-state index contributed by atoms with van der Waals surface area (Å²) in [5.41, 5.74) is 2.40. The van der Waals surface area contributed by atoms with Crippen LogP contribution in [-0.4, -0.2) is 37.1 Å². The van der Waals surface area contributed by atoms with Crippen molar-refractivity contribution in [2.45, 2.75) is 24.8 Å². The van der Waals surface area contributed by atoms with E-state index in [4.69, 9.17) is 23.2 Å². The SMILES string of the molecule is ClCc1ccc(Cl)cc1N1CCN(C2CC2)CC1. The van der Waals surface area contributed by atoms with Crippen molar-refractivity contribution < 1.29 is 0 Å². The van der Waals surface area contributed by atoms with E-state index >= 15 is 0 Å². The molecule has 1 aromatic rings. The summed E-state index contributed by atoms with van der Waals surface area (Å²) in [6.07, 6.45) is 2.79. The molecule has 4 heteroatoms. The van der Waals surface area contributed by atoms with Crippen molar-refractivity contribution in [3.63, 3.8) is 0 Å². The highest BCUT2D eigenvalue weighted by Gasteiger charge is 2.31. The van der Waals surface area contributed by atoms with E-state index in [0.717, 1.165) is 24.2 Å². The van der Waals surface area contributed by atoms with Crippen LogP contribution in [0.15, 0.2) is 18.2 Å². The highest BCUT2D eigenvalue weighted by atomic mass is 35.5. The number of halogens is 2. The largest absolute Gasteiger partial charge is 0.369 e. The van der Waals surface area contributed by atoms with Gasteiger partial charge < -0.3 is 4.90 Å². The smallest absolute Gasteiger partial charge is 0.0494 e. The zero-order valence-electron chi connectivity index (χ0n) is 10.4. The molecule has 0 radical (unpaired) electrons. The third kappa shape index (κ3) is 2.61. The van der Waals surface area contributed by atoms with Gasteiger partial charge >= 0.3 is 0 Å². The van der Waals surface area contributed by atoms with Crippen LogP contribution in [0.4, 0.5) is 5.69 Å². The lowest BCUT2D eigenvalue weighted by molar-refractivity contribution is 0.248.